The molecule has 18 heavy (non-hydrogen) atoms. The Labute approximate surface area is 107 Å². The van der Waals surface area contributed by atoms with Crippen molar-refractivity contribution in [2.75, 3.05) is 0 Å². The van der Waals surface area contributed by atoms with E-state index in [0.29, 0.717) is 5.56 Å². The topological polar surface area (TPSA) is 46.5 Å². The minimum Gasteiger partial charge on any atom is -0.487 e. The van der Waals surface area contributed by atoms with Crippen LogP contribution in [0.4, 0.5) is 0 Å². The SMILES string of the molecule is O=C(O)c1ccc(OC23CCC(CC2)CC3)cc1. The second-order valence-corrected chi connectivity index (χ2v) is 5.60. The molecule has 0 amide bonds. The minimum atomic E-state index is -0.891. The Morgan fingerprint density at radius 3 is 2.17 bits per heavy atom. The summed E-state index contributed by atoms with van der Waals surface area (Å²) < 4.78 is 6.17. The fourth-order valence-electron chi connectivity index (χ4n) is 3.28. The molecule has 0 aliphatic heterocycles. The highest BCUT2D eigenvalue weighted by Crippen LogP contribution is 2.46. The standard InChI is InChI=1S/C15H18O3/c16-14(17)12-1-3-13(4-2-12)18-15-8-5-11(6-9-15)7-10-15/h1-4,11H,5-10H2,(H,16,17). The molecule has 0 radical (unpaired) electrons. The summed E-state index contributed by atoms with van der Waals surface area (Å²) in [4.78, 5) is 10.8. The molecule has 0 spiro atoms. The number of hydrogen-bond donors (Lipinski definition) is 1. The Kier molecular flexibility index (Phi) is 2.77. The van der Waals surface area contributed by atoms with E-state index < -0.39 is 5.97 Å². The van der Waals surface area contributed by atoms with Gasteiger partial charge < -0.3 is 9.84 Å². The number of rotatable bonds is 3. The van der Waals surface area contributed by atoms with Crippen molar-refractivity contribution in [3.8, 4) is 5.75 Å². The molecule has 0 heterocycles. The van der Waals surface area contributed by atoms with Gasteiger partial charge in [-0.3, -0.25) is 0 Å². The molecule has 1 N–H and O–H groups in total. The van der Waals surface area contributed by atoms with E-state index in [1.54, 1.807) is 24.3 Å². The molecule has 3 saturated carbocycles. The van der Waals surface area contributed by atoms with Crippen LogP contribution in [0, 0.1) is 5.92 Å². The van der Waals surface area contributed by atoms with Gasteiger partial charge in [-0.15, -0.1) is 0 Å². The van der Waals surface area contributed by atoms with Crippen molar-refractivity contribution in [3.63, 3.8) is 0 Å². The minimum absolute atomic E-state index is 0.0273. The first kappa shape index (κ1) is 11.6. The van der Waals surface area contributed by atoms with Crippen LogP contribution in [-0.2, 0) is 0 Å². The lowest BCUT2D eigenvalue weighted by Crippen LogP contribution is -2.44. The van der Waals surface area contributed by atoms with Gasteiger partial charge in [-0.2, -0.15) is 0 Å². The van der Waals surface area contributed by atoms with Gasteiger partial charge >= 0.3 is 5.97 Å². The molecule has 0 saturated heterocycles. The van der Waals surface area contributed by atoms with Gasteiger partial charge in [-0.05, 0) is 68.7 Å². The number of benzene rings is 1. The number of ether oxygens (including phenoxy) is 1. The first-order valence-corrected chi connectivity index (χ1v) is 6.69. The highest BCUT2D eigenvalue weighted by atomic mass is 16.5. The number of carbonyl (C=O) groups is 1. The van der Waals surface area contributed by atoms with E-state index in [9.17, 15) is 4.79 Å². The smallest absolute Gasteiger partial charge is 0.335 e. The Morgan fingerprint density at radius 1 is 1.11 bits per heavy atom. The van der Waals surface area contributed by atoms with E-state index in [0.717, 1.165) is 30.9 Å². The third-order valence-electron chi connectivity index (χ3n) is 4.46. The molecule has 4 rings (SSSR count). The molecule has 0 unspecified atom stereocenters. The zero-order chi connectivity index (χ0) is 12.6. The summed E-state index contributed by atoms with van der Waals surface area (Å²) in [6.07, 6.45) is 7.31. The molecule has 3 aliphatic carbocycles. The second-order valence-electron chi connectivity index (χ2n) is 5.60. The molecule has 3 heteroatoms. The maximum Gasteiger partial charge on any atom is 0.335 e. The molecule has 3 aliphatic rings. The molecular formula is C15H18O3. The average Bonchev–Trinajstić information content (AvgIpc) is 2.41. The summed E-state index contributed by atoms with van der Waals surface area (Å²) >= 11 is 0. The molecule has 1 aromatic carbocycles. The molecule has 0 aromatic heterocycles. The lowest BCUT2D eigenvalue weighted by molar-refractivity contribution is -0.0323. The van der Waals surface area contributed by atoms with Crippen molar-refractivity contribution in [3.05, 3.63) is 29.8 Å². The number of hydrogen-bond acceptors (Lipinski definition) is 2. The number of carboxylic acid groups (broad SMARTS) is 1. The summed E-state index contributed by atoms with van der Waals surface area (Å²) in [5.74, 6) is 0.836. The normalized spacial score (nSPS) is 30.1. The molecule has 3 nitrogen and oxygen atoms in total. The zero-order valence-corrected chi connectivity index (χ0v) is 10.4. The maximum atomic E-state index is 10.8. The highest BCUT2D eigenvalue weighted by Gasteiger charge is 2.42. The van der Waals surface area contributed by atoms with Crippen molar-refractivity contribution in [1.82, 2.24) is 0 Å². The predicted molar refractivity (Wildman–Crippen MR) is 68.0 cm³/mol. The van der Waals surface area contributed by atoms with Crippen LogP contribution in [0.2, 0.25) is 0 Å². The van der Waals surface area contributed by atoms with Gasteiger partial charge in [-0.1, -0.05) is 0 Å². The van der Waals surface area contributed by atoms with Crippen LogP contribution in [0.5, 0.6) is 5.75 Å². The lowest BCUT2D eigenvalue weighted by atomic mass is 9.68. The fraction of sp³-hybridized carbons (Fsp3) is 0.533. The van der Waals surface area contributed by atoms with Gasteiger partial charge in [0.05, 0.1) is 5.56 Å². The van der Waals surface area contributed by atoms with Crippen LogP contribution in [0.3, 0.4) is 0 Å². The average molecular weight is 246 g/mol. The predicted octanol–water partition coefficient (Wildman–Crippen LogP) is 3.49. The van der Waals surface area contributed by atoms with E-state index in [2.05, 4.69) is 0 Å². The molecule has 2 bridgehead atoms. The van der Waals surface area contributed by atoms with Crippen LogP contribution in [0.15, 0.2) is 24.3 Å². The van der Waals surface area contributed by atoms with Crippen molar-refractivity contribution in [1.29, 1.82) is 0 Å². The summed E-state index contributed by atoms with van der Waals surface area (Å²) in [6, 6.07) is 6.78. The van der Waals surface area contributed by atoms with Gasteiger partial charge in [0, 0.05) is 0 Å². The van der Waals surface area contributed by atoms with E-state index >= 15 is 0 Å². The van der Waals surface area contributed by atoms with E-state index in [1.807, 2.05) is 0 Å². The third kappa shape index (κ3) is 2.09. The Bertz CT molecular complexity index is 428. The quantitative estimate of drug-likeness (QED) is 0.888. The summed E-state index contributed by atoms with van der Waals surface area (Å²) in [6.45, 7) is 0. The van der Waals surface area contributed by atoms with Gasteiger partial charge in [0.25, 0.3) is 0 Å². The third-order valence-corrected chi connectivity index (χ3v) is 4.46. The monoisotopic (exact) mass is 246 g/mol. The molecule has 3 fully saturated rings. The zero-order valence-electron chi connectivity index (χ0n) is 10.4. The Morgan fingerprint density at radius 2 is 1.67 bits per heavy atom. The molecule has 96 valence electrons. The first-order valence-electron chi connectivity index (χ1n) is 6.69. The van der Waals surface area contributed by atoms with E-state index in [1.165, 1.54) is 19.3 Å². The lowest BCUT2D eigenvalue weighted by Gasteiger charge is -2.46. The molecule has 1 aromatic rings. The van der Waals surface area contributed by atoms with E-state index in [4.69, 9.17) is 9.84 Å². The van der Waals surface area contributed by atoms with Crippen LogP contribution >= 0.6 is 0 Å². The second kappa shape index (κ2) is 4.30. The van der Waals surface area contributed by atoms with Crippen LogP contribution < -0.4 is 4.74 Å². The van der Waals surface area contributed by atoms with Crippen molar-refractivity contribution in [2.24, 2.45) is 5.92 Å². The summed E-state index contributed by atoms with van der Waals surface area (Å²) in [5, 5.41) is 8.86. The first-order chi connectivity index (χ1) is 8.67. The Hall–Kier alpha value is -1.51. The summed E-state index contributed by atoms with van der Waals surface area (Å²) in [7, 11) is 0. The molecular weight excluding hydrogens is 228 g/mol. The van der Waals surface area contributed by atoms with Crippen LogP contribution in [0.25, 0.3) is 0 Å². The largest absolute Gasteiger partial charge is 0.487 e. The van der Waals surface area contributed by atoms with Gasteiger partial charge in [0.1, 0.15) is 11.4 Å². The van der Waals surface area contributed by atoms with Crippen molar-refractivity contribution in [2.45, 2.75) is 44.1 Å². The van der Waals surface area contributed by atoms with Gasteiger partial charge in [0.2, 0.25) is 0 Å². The van der Waals surface area contributed by atoms with E-state index in [-0.39, 0.29) is 5.60 Å². The van der Waals surface area contributed by atoms with Crippen molar-refractivity contribution >= 4 is 5.97 Å². The van der Waals surface area contributed by atoms with Gasteiger partial charge in [-0.25, -0.2) is 4.79 Å². The number of fused-ring (bicyclic) bond motifs is 3. The van der Waals surface area contributed by atoms with Crippen LogP contribution in [0.1, 0.15) is 48.9 Å². The van der Waals surface area contributed by atoms with Crippen LogP contribution in [-0.4, -0.2) is 16.7 Å². The van der Waals surface area contributed by atoms with Crippen molar-refractivity contribution < 1.29 is 14.6 Å². The Balaban J connectivity index is 1.73. The fourth-order valence-corrected chi connectivity index (χ4v) is 3.28. The number of aromatic carboxylic acids is 1. The van der Waals surface area contributed by atoms with Gasteiger partial charge in [0.15, 0.2) is 0 Å². The maximum absolute atomic E-state index is 10.8. The number of carboxylic acids is 1. The molecule has 0 atom stereocenters. The highest BCUT2D eigenvalue weighted by molar-refractivity contribution is 5.87. The summed E-state index contributed by atoms with van der Waals surface area (Å²) in [5.41, 5.74) is 0.339.